The number of hydrogen-bond acceptors (Lipinski definition) is 6. The van der Waals surface area contributed by atoms with Crippen LogP contribution in [0.4, 0.5) is 16.4 Å². The lowest BCUT2D eigenvalue weighted by Crippen LogP contribution is -2.08. The minimum atomic E-state index is -0.451. The molecule has 1 heterocycles. The monoisotopic (exact) mass is 419 g/mol. The molecule has 0 fully saturated rings. The van der Waals surface area contributed by atoms with E-state index in [0.717, 1.165) is 39.0 Å². The van der Waals surface area contributed by atoms with Crippen LogP contribution in [0.15, 0.2) is 92.0 Å². The largest absolute Gasteiger partial charge is 0.458 e. The second kappa shape index (κ2) is 10.2. The van der Waals surface area contributed by atoms with Gasteiger partial charge in [-0.05, 0) is 42.0 Å². The van der Waals surface area contributed by atoms with Crippen LogP contribution >= 0.6 is 11.3 Å². The lowest BCUT2D eigenvalue weighted by Gasteiger charge is -2.23. The Morgan fingerprint density at radius 2 is 1.40 bits per heavy atom. The highest BCUT2D eigenvalue weighted by atomic mass is 32.1. The number of rotatable bonds is 9. The number of thiophene rings is 1. The molecular formula is C24H21NO4S. The summed E-state index contributed by atoms with van der Waals surface area (Å²) in [4.78, 5) is 25.6. The third-order valence-electron chi connectivity index (χ3n) is 4.15. The number of benzene rings is 2. The van der Waals surface area contributed by atoms with Crippen molar-refractivity contribution in [1.29, 1.82) is 0 Å². The number of nitrogens with zero attached hydrogens (tertiary/aromatic N) is 1. The molecule has 0 radical (unpaired) electrons. The molecule has 0 amide bonds. The Morgan fingerprint density at radius 3 is 2.03 bits per heavy atom. The predicted octanol–water partition coefficient (Wildman–Crippen LogP) is 5.68. The highest BCUT2D eigenvalue weighted by Gasteiger charge is 2.15. The van der Waals surface area contributed by atoms with E-state index in [9.17, 15) is 9.59 Å². The zero-order chi connectivity index (χ0) is 21.3. The van der Waals surface area contributed by atoms with Crippen LogP contribution in [0.2, 0.25) is 0 Å². The van der Waals surface area contributed by atoms with Gasteiger partial charge in [-0.2, -0.15) is 0 Å². The maximum absolute atomic E-state index is 11.3. The maximum Gasteiger partial charge on any atom is 0.330 e. The minimum Gasteiger partial charge on any atom is -0.458 e. The van der Waals surface area contributed by atoms with Crippen molar-refractivity contribution in [3.8, 4) is 0 Å². The fraction of sp³-hybridized carbons (Fsp3) is 0.0833. The van der Waals surface area contributed by atoms with Gasteiger partial charge in [0.05, 0.1) is 0 Å². The second-order valence-corrected chi connectivity index (χ2v) is 7.35. The summed E-state index contributed by atoms with van der Waals surface area (Å²) in [6.07, 6.45) is 2.30. The number of hydrogen-bond donors (Lipinski definition) is 0. The smallest absolute Gasteiger partial charge is 0.330 e. The van der Waals surface area contributed by atoms with Crippen LogP contribution in [0.25, 0.3) is 0 Å². The summed E-state index contributed by atoms with van der Waals surface area (Å²) in [5.41, 5.74) is 2.83. The van der Waals surface area contributed by atoms with Crippen molar-refractivity contribution in [2.24, 2.45) is 0 Å². The highest BCUT2D eigenvalue weighted by Crippen LogP contribution is 2.38. The molecule has 0 unspecified atom stereocenters. The van der Waals surface area contributed by atoms with Gasteiger partial charge in [-0.15, -0.1) is 11.3 Å². The van der Waals surface area contributed by atoms with Gasteiger partial charge in [0.25, 0.3) is 0 Å². The van der Waals surface area contributed by atoms with Crippen molar-refractivity contribution < 1.29 is 19.1 Å². The zero-order valence-corrected chi connectivity index (χ0v) is 17.1. The van der Waals surface area contributed by atoms with Gasteiger partial charge in [0, 0.05) is 28.4 Å². The summed E-state index contributed by atoms with van der Waals surface area (Å²) in [6, 6.07) is 21.7. The van der Waals surface area contributed by atoms with Crippen molar-refractivity contribution in [2.75, 3.05) is 4.90 Å². The first-order valence-electron chi connectivity index (χ1n) is 9.22. The Bertz CT molecular complexity index is 1020. The van der Waals surface area contributed by atoms with Crippen LogP contribution in [0.5, 0.6) is 0 Å². The molecule has 5 nitrogen and oxygen atoms in total. The van der Waals surface area contributed by atoms with Crippen LogP contribution in [0.3, 0.4) is 0 Å². The van der Waals surface area contributed by atoms with Crippen LogP contribution in [0.1, 0.15) is 10.4 Å². The molecule has 0 N–H and O–H groups in total. The van der Waals surface area contributed by atoms with Gasteiger partial charge >= 0.3 is 11.9 Å². The predicted molar refractivity (Wildman–Crippen MR) is 119 cm³/mol. The summed E-state index contributed by atoms with van der Waals surface area (Å²) in [7, 11) is 0. The van der Waals surface area contributed by atoms with E-state index in [1.165, 1.54) is 11.3 Å². The molecule has 0 spiro atoms. The molecule has 0 saturated heterocycles. The van der Waals surface area contributed by atoms with Gasteiger partial charge in [0.1, 0.15) is 18.2 Å². The second-order valence-electron chi connectivity index (χ2n) is 6.20. The van der Waals surface area contributed by atoms with E-state index in [0.29, 0.717) is 0 Å². The number of carbonyl (C=O) groups excluding carboxylic acids is 2. The quantitative estimate of drug-likeness (QED) is 0.330. The molecule has 3 aromatic rings. The Hall–Kier alpha value is -3.64. The van der Waals surface area contributed by atoms with E-state index < -0.39 is 11.9 Å². The number of esters is 2. The maximum atomic E-state index is 11.3. The van der Waals surface area contributed by atoms with Crippen LogP contribution in [-0.2, 0) is 32.3 Å². The lowest BCUT2D eigenvalue weighted by molar-refractivity contribution is -0.139. The van der Waals surface area contributed by atoms with Gasteiger partial charge < -0.3 is 14.4 Å². The standard InChI is InChI=1S/C24H21NO4S/c1-3-23(26)28-16-18-10-12-20(13-11-18)25(19-8-6-5-7-9-19)22-15-14-21(30-22)17-29-24(27)4-2/h3-15H,1-2,16-17H2. The van der Waals surface area contributed by atoms with Gasteiger partial charge in [-0.3, -0.25) is 0 Å². The average molecular weight is 420 g/mol. The summed E-state index contributed by atoms with van der Waals surface area (Å²) < 4.78 is 10.2. The summed E-state index contributed by atoms with van der Waals surface area (Å²) >= 11 is 1.54. The third kappa shape index (κ3) is 5.46. The number of ether oxygens (including phenoxy) is 2. The van der Waals surface area contributed by atoms with Gasteiger partial charge in [-0.1, -0.05) is 43.5 Å². The third-order valence-corrected chi connectivity index (χ3v) is 5.19. The van der Waals surface area contributed by atoms with Crippen LogP contribution in [0, 0.1) is 0 Å². The van der Waals surface area contributed by atoms with E-state index in [4.69, 9.17) is 9.47 Å². The molecule has 0 aliphatic rings. The van der Waals surface area contributed by atoms with E-state index in [-0.39, 0.29) is 13.2 Å². The van der Waals surface area contributed by atoms with Crippen molar-refractivity contribution in [3.05, 3.63) is 102 Å². The van der Waals surface area contributed by atoms with E-state index >= 15 is 0 Å². The molecule has 2 aromatic carbocycles. The molecule has 0 atom stereocenters. The van der Waals surface area contributed by atoms with Gasteiger partial charge in [0.15, 0.2) is 0 Å². The molecule has 0 aliphatic heterocycles. The number of para-hydroxylation sites is 1. The van der Waals surface area contributed by atoms with Crippen molar-refractivity contribution >= 4 is 39.7 Å². The van der Waals surface area contributed by atoms with E-state index in [2.05, 4.69) is 18.1 Å². The van der Waals surface area contributed by atoms with Crippen molar-refractivity contribution in [3.63, 3.8) is 0 Å². The van der Waals surface area contributed by atoms with Crippen LogP contribution in [-0.4, -0.2) is 11.9 Å². The highest BCUT2D eigenvalue weighted by molar-refractivity contribution is 7.16. The molecule has 1 aromatic heterocycles. The molecule has 3 rings (SSSR count). The van der Waals surface area contributed by atoms with Crippen molar-refractivity contribution in [2.45, 2.75) is 13.2 Å². The normalized spacial score (nSPS) is 10.1. The van der Waals surface area contributed by atoms with E-state index in [1.54, 1.807) is 0 Å². The number of carbonyl (C=O) groups is 2. The average Bonchev–Trinajstić information content (AvgIpc) is 3.26. The zero-order valence-electron chi connectivity index (χ0n) is 16.3. The first kappa shape index (κ1) is 21.1. The minimum absolute atomic E-state index is 0.189. The number of anilines is 3. The molecular weight excluding hydrogens is 398 g/mol. The SMILES string of the molecule is C=CC(=O)OCc1ccc(N(c2ccccc2)c2ccc(COC(=O)C=C)s2)cc1. The molecule has 6 heteroatoms. The topological polar surface area (TPSA) is 55.8 Å². The molecule has 0 aliphatic carbocycles. The fourth-order valence-electron chi connectivity index (χ4n) is 2.70. The molecule has 0 bridgehead atoms. The summed E-state index contributed by atoms with van der Waals surface area (Å²) in [5.74, 6) is -0.897. The fourth-order valence-corrected chi connectivity index (χ4v) is 3.66. The summed E-state index contributed by atoms with van der Waals surface area (Å²) in [5, 5.41) is 0.983. The van der Waals surface area contributed by atoms with Crippen LogP contribution < -0.4 is 4.90 Å². The lowest BCUT2D eigenvalue weighted by atomic mass is 10.2. The van der Waals surface area contributed by atoms with Crippen molar-refractivity contribution in [1.82, 2.24) is 0 Å². The molecule has 152 valence electrons. The first-order chi connectivity index (χ1) is 14.6. The Labute approximate surface area is 179 Å². The Kier molecular flexibility index (Phi) is 7.19. The van der Waals surface area contributed by atoms with Gasteiger partial charge in [0.2, 0.25) is 0 Å². The van der Waals surface area contributed by atoms with E-state index in [1.807, 2.05) is 66.7 Å². The first-order valence-corrected chi connectivity index (χ1v) is 10.0. The molecule has 30 heavy (non-hydrogen) atoms. The van der Waals surface area contributed by atoms with Gasteiger partial charge in [-0.25, -0.2) is 9.59 Å². The molecule has 0 saturated carbocycles. The Balaban J connectivity index is 1.84. The Morgan fingerprint density at radius 1 is 0.800 bits per heavy atom. The summed E-state index contributed by atoms with van der Waals surface area (Å²) in [6.45, 7) is 7.19.